The van der Waals surface area contributed by atoms with Crippen LogP contribution in [-0.4, -0.2) is 46.4 Å². The minimum absolute atomic E-state index is 0.0214. The van der Waals surface area contributed by atoms with E-state index in [4.69, 9.17) is 18.7 Å². The molecule has 0 fully saturated rings. The number of carbonyl (C=O) groups excluding carboxylic acids is 1. The molecule has 11 nitrogen and oxygen atoms in total. The summed E-state index contributed by atoms with van der Waals surface area (Å²) in [5, 5.41) is 14.2. The lowest BCUT2D eigenvalue weighted by Gasteiger charge is -2.30. The molecule has 0 aliphatic heterocycles. The number of nitrogens with one attached hydrogen (secondary N) is 1. The molecule has 0 aromatic heterocycles. The van der Waals surface area contributed by atoms with Crippen LogP contribution in [0.1, 0.15) is 58.6 Å². The minimum atomic E-state index is -3.64. The van der Waals surface area contributed by atoms with Crippen LogP contribution < -0.4 is 10.1 Å². The fraction of sp³-hybridized carbons (Fsp3) is 0.519. The molecule has 0 spiro atoms. The number of ether oxygens (including phenoxy) is 3. The number of hydrogen-bond donors (Lipinski definition) is 2. The quantitative estimate of drug-likeness (QED) is 0.142. The summed E-state index contributed by atoms with van der Waals surface area (Å²) in [6.07, 6.45) is -0.00524. The van der Waals surface area contributed by atoms with E-state index in [2.05, 4.69) is 5.32 Å². The van der Waals surface area contributed by atoms with E-state index in [9.17, 15) is 24.4 Å². The Morgan fingerprint density at radius 2 is 1.77 bits per heavy atom. The summed E-state index contributed by atoms with van der Waals surface area (Å²) in [4.78, 5) is 33.2. The monoisotopic (exact) mass is 566 g/mol. The molecule has 216 valence electrons. The van der Waals surface area contributed by atoms with Gasteiger partial charge in [0.15, 0.2) is 0 Å². The molecule has 0 heterocycles. The molecule has 12 heteroatoms. The van der Waals surface area contributed by atoms with Crippen LogP contribution in [0.15, 0.2) is 48.5 Å². The first-order valence-corrected chi connectivity index (χ1v) is 14.5. The summed E-state index contributed by atoms with van der Waals surface area (Å²) < 4.78 is 33.7. The van der Waals surface area contributed by atoms with Gasteiger partial charge >= 0.3 is 13.7 Å². The number of nitrogens with zero attached hydrogens (tertiary/aromatic N) is 1. The second-order valence-corrected chi connectivity index (χ2v) is 12.3. The smallest absolute Gasteiger partial charge is 0.407 e. The van der Waals surface area contributed by atoms with Crippen LogP contribution in [0.5, 0.6) is 5.75 Å². The molecule has 0 radical (unpaired) electrons. The lowest BCUT2D eigenvalue weighted by molar-refractivity contribution is -0.385. The number of benzene rings is 2. The highest BCUT2D eigenvalue weighted by molar-refractivity contribution is 7.52. The van der Waals surface area contributed by atoms with Crippen LogP contribution in [0.25, 0.3) is 0 Å². The van der Waals surface area contributed by atoms with Crippen molar-refractivity contribution < 1.29 is 37.9 Å². The molecule has 2 N–H and O–H groups in total. The van der Waals surface area contributed by atoms with E-state index in [0.717, 1.165) is 5.56 Å². The van der Waals surface area contributed by atoms with Gasteiger partial charge in [0.2, 0.25) is 0 Å². The van der Waals surface area contributed by atoms with Crippen molar-refractivity contribution in [2.24, 2.45) is 0 Å². The zero-order chi connectivity index (χ0) is 29.1. The maximum absolute atomic E-state index is 12.5. The van der Waals surface area contributed by atoms with Crippen LogP contribution in [0, 0.1) is 10.1 Å². The van der Waals surface area contributed by atoms with Crippen LogP contribution in [-0.2, 0) is 31.8 Å². The fourth-order valence-electron chi connectivity index (χ4n) is 3.54. The highest BCUT2D eigenvalue weighted by atomic mass is 31.2. The van der Waals surface area contributed by atoms with E-state index >= 15 is 0 Å². The van der Waals surface area contributed by atoms with Gasteiger partial charge in [0.25, 0.3) is 5.69 Å². The van der Waals surface area contributed by atoms with Crippen molar-refractivity contribution in [2.75, 3.05) is 19.4 Å². The molecule has 2 aromatic carbocycles. The van der Waals surface area contributed by atoms with Gasteiger partial charge < -0.3 is 28.9 Å². The molecule has 0 bridgehead atoms. The molecular weight excluding hydrogens is 527 g/mol. The summed E-state index contributed by atoms with van der Waals surface area (Å²) in [5.74, 6) is 0.419. The summed E-state index contributed by atoms with van der Waals surface area (Å²) in [6, 6.07) is 13.8. The van der Waals surface area contributed by atoms with E-state index < -0.39 is 29.8 Å². The van der Waals surface area contributed by atoms with Gasteiger partial charge in [-0.3, -0.25) is 14.7 Å². The number of nitro benzene ring substituents is 1. The molecule has 39 heavy (non-hydrogen) atoms. The summed E-state index contributed by atoms with van der Waals surface area (Å²) in [5.41, 5.74) is -0.407. The number of alkyl carbamates (subject to hydrolysis) is 1. The van der Waals surface area contributed by atoms with Crippen LogP contribution >= 0.6 is 7.60 Å². The first kappa shape index (κ1) is 32.2. The number of rotatable bonds is 16. The Morgan fingerprint density at radius 3 is 2.41 bits per heavy atom. The third-order valence-electron chi connectivity index (χ3n) is 5.84. The second kappa shape index (κ2) is 14.4. The maximum Gasteiger partial charge on any atom is 0.407 e. The highest BCUT2D eigenvalue weighted by Gasteiger charge is 2.28. The molecule has 2 aromatic rings. The Labute approximate surface area is 229 Å². The molecule has 1 unspecified atom stereocenters. The highest BCUT2D eigenvalue weighted by Crippen LogP contribution is 2.43. The number of carbonyl (C=O) groups is 1. The number of nitro groups is 1. The van der Waals surface area contributed by atoms with Gasteiger partial charge in [-0.15, -0.1) is 0 Å². The fourth-order valence-corrected chi connectivity index (χ4v) is 4.89. The first-order valence-electron chi connectivity index (χ1n) is 12.7. The largest absolute Gasteiger partial charge is 0.489 e. The van der Waals surface area contributed by atoms with Crippen molar-refractivity contribution in [1.29, 1.82) is 0 Å². The predicted octanol–water partition coefficient (Wildman–Crippen LogP) is 5.98. The van der Waals surface area contributed by atoms with Crippen molar-refractivity contribution in [2.45, 2.75) is 71.8 Å². The van der Waals surface area contributed by atoms with E-state index in [0.29, 0.717) is 25.2 Å². The Bertz CT molecular complexity index is 1140. The van der Waals surface area contributed by atoms with E-state index in [1.165, 1.54) is 18.2 Å². The SMILES string of the molecule is CCOP(=O)(O)CCC(C)(C)OCCC(C)(C)NC(=O)OCc1cc(OCc2ccccc2)ccc1[N+](=O)[O-]. The molecule has 2 rings (SSSR count). The standard InChI is InChI=1S/C27H39N2O9P/c1-6-38-39(33,34)17-15-27(4,5)37-16-14-26(2,3)28-25(30)36-20-22-18-23(12-13-24(22)29(31)32)35-19-21-10-8-7-9-11-21/h7-13,18H,6,14-17,19-20H2,1-5H3,(H,28,30)(H,33,34). The lowest BCUT2D eigenvalue weighted by Crippen LogP contribution is -2.45. The normalized spacial score (nSPS) is 13.4. The average molecular weight is 567 g/mol. The first-order chi connectivity index (χ1) is 18.2. The number of hydrogen-bond acceptors (Lipinski definition) is 8. The van der Waals surface area contributed by atoms with Gasteiger partial charge in [0, 0.05) is 18.2 Å². The molecule has 1 atom stereocenters. The zero-order valence-corrected chi connectivity index (χ0v) is 24.1. The lowest BCUT2D eigenvalue weighted by atomic mass is 10.0. The van der Waals surface area contributed by atoms with Gasteiger partial charge in [-0.05, 0) is 65.2 Å². The average Bonchev–Trinajstić information content (AvgIpc) is 2.85. The number of amides is 1. The third-order valence-corrected chi connectivity index (χ3v) is 7.29. The Hall–Kier alpha value is -2.98. The second-order valence-electron chi connectivity index (χ2n) is 10.3. The van der Waals surface area contributed by atoms with Crippen molar-refractivity contribution >= 4 is 19.4 Å². The van der Waals surface area contributed by atoms with Crippen molar-refractivity contribution in [1.82, 2.24) is 5.32 Å². The molecule has 0 aliphatic carbocycles. The van der Waals surface area contributed by atoms with Gasteiger partial charge in [-0.25, -0.2) is 4.79 Å². The van der Waals surface area contributed by atoms with Crippen LogP contribution in [0.4, 0.5) is 10.5 Å². The Morgan fingerprint density at radius 1 is 1.08 bits per heavy atom. The van der Waals surface area contributed by atoms with Crippen molar-refractivity contribution in [3.8, 4) is 5.75 Å². The van der Waals surface area contributed by atoms with Gasteiger partial charge in [-0.2, -0.15) is 0 Å². The van der Waals surface area contributed by atoms with Gasteiger partial charge in [0.05, 0.1) is 28.9 Å². The summed E-state index contributed by atoms with van der Waals surface area (Å²) in [6.45, 7) is 9.29. The van der Waals surface area contributed by atoms with E-state index in [1.54, 1.807) is 20.8 Å². The van der Waals surface area contributed by atoms with Crippen molar-refractivity contribution in [3.63, 3.8) is 0 Å². The Kier molecular flexibility index (Phi) is 11.9. The minimum Gasteiger partial charge on any atom is -0.489 e. The summed E-state index contributed by atoms with van der Waals surface area (Å²) in [7, 11) is -3.64. The molecule has 0 saturated carbocycles. The molecule has 1 amide bonds. The molecular formula is C27H39N2O9P. The molecule has 0 aliphatic rings. The van der Waals surface area contributed by atoms with Crippen LogP contribution in [0.3, 0.4) is 0 Å². The van der Waals surface area contributed by atoms with E-state index in [1.807, 2.05) is 44.2 Å². The maximum atomic E-state index is 12.5. The predicted molar refractivity (Wildman–Crippen MR) is 147 cm³/mol. The topological polar surface area (TPSA) is 146 Å². The van der Waals surface area contributed by atoms with Gasteiger partial charge in [0.1, 0.15) is 19.0 Å². The third kappa shape index (κ3) is 12.2. The molecule has 0 saturated heterocycles. The summed E-state index contributed by atoms with van der Waals surface area (Å²) >= 11 is 0. The Balaban J connectivity index is 1.87. The van der Waals surface area contributed by atoms with Gasteiger partial charge in [-0.1, -0.05) is 30.3 Å². The van der Waals surface area contributed by atoms with E-state index in [-0.39, 0.29) is 37.2 Å². The van der Waals surface area contributed by atoms with Crippen molar-refractivity contribution in [3.05, 3.63) is 69.8 Å². The zero-order valence-electron chi connectivity index (χ0n) is 23.2. The van der Waals surface area contributed by atoms with Crippen LogP contribution in [0.2, 0.25) is 0 Å².